The molecule has 0 spiro atoms. The van der Waals surface area contributed by atoms with E-state index < -0.39 is 18.0 Å². The first kappa shape index (κ1) is 21.6. The Balaban J connectivity index is 1.77. The summed E-state index contributed by atoms with van der Waals surface area (Å²) in [7, 11) is 0. The van der Waals surface area contributed by atoms with E-state index in [-0.39, 0.29) is 22.4 Å². The summed E-state index contributed by atoms with van der Waals surface area (Å²) in [6.07, 6.45) is -3.90. The topological polar surface area (TPSA) is 69.4 Å². The summed E-state index contributed by atoms with van der Waals surface area (Å²) >= 11 is 9.69. The molecule has 0 saturated heterocycles. The number of aromatic nitrogens is 3. The average Bonchev–Trinajstić information content (AvgIpc) is 3.25. The molecule has 3 heterocycles. The lowest BCUT2D eigenvalue weighted by atomic mass is 10.0. The van der Waals surface area contributed by atoms with Crippen molar-refractivity contribution in [3.05, 3.63) is 81.2 Å². The molecule has 0 saturated carbocycles. The smallest absolute Gasteiger partial charge is 0.435 e. The Morgan fingerprint density at radius 1 is 1.15 bits per heavy atom. The van der Waals surface area contributed by atoms with Gasteiger partial charge in [-0.3, -0.25) is 4.79 Å². The molecule has 0 aliphatic carbocycles. The van der Waals surface area contributed by atoms with Crippen LogP contribution in [-0.2, 0) is 15.7 Å². The van der Waals surface area contributed by atoms with E-state index in [0.29, 0.717) is 22.0 Å². The van der Waals surface area contributed by atoms with Gasteiger partial charge in [0, 0.05) is 17.8 Å². The van der Waals surface area contributed by atoms with E-state index in [9.17, 15) is 18.0 Å². The third kappa shape index (κ3) is 3.68. The highest BCUT2D eigenvalue weighted by molar-refractivity contribution is 9.10. The number of aliphatic imine (C=N–C) groups is 1. The van der Waals surface area contributed by atoms with Crippen LogP contribution >= 0.6 is 27.5 Å². The van der Waals surface area contributed by atoms with Gasteiger partial charge in [-0.25, -0.2) is 14.7 Å². The number of alkyl halides is 3. The van der Waals surface area contributed by atoms with Gasteiger partial charge < -0.3 is 4.74 Å². The number of hydrogen-bond acceptors (Lipinski definition) is 5. The van der Waals surface area contributed by atoms with Crippen molar-refractivity contribution in [1.82, 2.24) is 14.8 Å². The van der Waals surface area contributed by atoms with Crippen LogP contribution in [0, 0.1) is 0 Å². The van der Waals surface area contributed by atoms with Gasteiger partial charge in [-0.05, 0) is 44.9 Å². The number of ether oxygens (including phenoxy) is 1. The third-order valence-electron chi connectivity index (χ3n) is 5.03. The highest BCUT2D eigenvalue weighted by atomic mass is 79.9. The number of hydrogen-bond donors (Lipinski definition) is 0. The van der Waals surface area contributed by atoms with Gasteiger partial charge in [0.1, 0.15) is 5.69 Å². The number of rotatable bonds is 3. The Morgan fingerprint density at radius 2 is 1.94 bits per heavy atom. The Hall–Kier alpha value is -3.24. The number of carbonyl (C=O) groups excluding carboxylic acids is 1. The molecule has 0 amide bonds. The van der Waals surface area contributed by atoms with Gasteiger partial charge in [0.15, 0.2) is 23.9 Å². The summed E-state index contributed by atoms with van der Waals surface area (Å²) in [4.78, 5) is 20.4. The van der Waals surface area contributed by atoms with Crippen LogP contribution in [0.5, 0.6) is 0 Å². The first-order valence-electron chi connectivity index (χ1n) is 9.48. The number of benzene rings is 2. The van der Waals surface area contributed by atoms with Gasteiger partial charge in [0.05, 0.1) is 15.2 Å². The average molecular weight is 536 g/mol. The van der Waals surface area contributed by atoms with Gasteiger partial charge in [-0.15, -0.1) is 0 Å². The summed E-state index contributed by atoms with van der Waals surface area (Å²) in [6.45, 7) is 0. The molecule has 5 rings (SSSR count). The molecule has 0 bridgehead atoms. The Kier molecular flexibility index (Phi) is 5.21. The molecule has 2 aromatic heterocycles. The standard InChI is InChI=1S/C22H11BrClF3N4O2/c23-18-12-5-2-1-4-11(12)8-13-16(10-32)33-21(29-19(13)18)15-9-17(22(25,26)27)30-31(15)20-14(24)6-3-7-28-20/h1-10,16H. The van der Waals surface area contributed by atoms with Crippen molar-refractivity contribution >= 4 is 56.2 Å². The van der Waals surface area contributed by atoms with Gasteiger partial charge in [-0.2, -0.15) is 18.3 Å². The molecule has 4 aromatic rings. The Morgan fingerprint density at radius 3 is 2.67 bits per heavy atom. The lowest BCUT2D eigenvalue weighted by molar-refractivity contribution is -0.141. The number of pyridine rings is 1. The van der Waals surface area contributed by atoms with Crippen molar-refractivity contribution in [3.8, 4) is 5.82 Å². The third-order valence-corrected chi connectivity index (χ3v) is 6.13. The summed E-state index contributed by atoms with van der Waals surface area (Å²) in [5, 5.41) is 5.40. The maximum Gasteiger partial charge on any atom is 0.435 e. The van der Waals surface area contributed by atoms with Crippen molar-refractivity contribution < 1.29 is 22.7 Å². The number of aldehydes is 1. The molecule has 1 unspecified atom stereocenters. The van der Waals surface area contributed by atoms with Crippen LogP contribution in [-0.4, -0.2) is 26.9 Å². The monoisotopic (exact) mass is 534 g/mol. The maximum absolute atomic E-state index is 13.5. The molecule has 11 heteroatoms. The molecule has 1 atom stereocenters. The van der Waals surface area contributed by atoms with Crippen LogP contribution in [0.1, 0.15) is 23.1 Å². The van der Waals surface area contributed by atoms with Crippen LogP contribution in [0.3, 0.4) is 0 Å². The SMILES string of the molecule is O=CC1OC(c2cc(C(F)(F)F)nn2-c2ncccc2Cl)=Nc2c1cc1ccccc1c2Br. The lowest BCUT2D eigenvalue weighted by Crippen LogP contribution is -2.21. The second kappa shape index (κ2) is 7.96. The van der Waals surface area contributed by atoms with Crippen molar-refractivity contribution in [2.24, 2.45) is 4.99 Å². The van der Waals surface area contributed by atoms with E-state index in [4.69, 9.17) is 16.3 Å². The summed E-state index contributed by atoms with van der Waals surface area (Å²) in [6, 6.07) is 13.0. The van der Waals surface area contributed by atoms with Gasteiger partial charge >= 0.3 is 6.18 Å². The van der Waals surface area contributed by atoms with Crippen molar-refractivity contribution in [3.63, 3.8) is 0 Å². The molecule has 1 aliphatic heterocycles. The molecule has 6 nitrogen and oxygen atoms in total. The Labute approximate surface area is 197 Å². The fraction of sp³-hybridized carbons (Fsp3) is 0.0909. The molecule has 1 aliphatic rings. The van der Waals surface area contributed by atoms with E-state index in [0.717, 1.165) is 21.5 Å². The molecule has 166 valence electrons. The maximum atomic E-state index is 13.5. The molecule has 0 radical (unpaired) electrons. The summed E-state index contributed by atoms with van der Waals surface area (Å²) in [5.74, 6) is -0.262. The molecular weight excluding hydrogens is 525 g/mol. The van der Waals surface area contributed by atoms with Gasteiger partial charge in [0.2, 0.25) is 5.90 Å². The zero-order valence-electron chi connectivity index (χ0n) is 16.3. The fourth-order valence-corrected chi connectivity index (χ4v) is 4.42. The van der Waals surface area contributed by atoms with Gasteiger partial charge in [-0.1, -0.05) is 35.9 Å². The zero-order chi connectivity index (χ0) is 23.3. The van der Waals surface area contributed by atoms with Crippen LogP contribution in [0.15, 0.2) is 64.2 Å². The first-order chi connectivity index (χ1) is 15.8. The van der Waals surface area contributed by atoms with Crippen LogP contribution in [0.2, 0.25) is 5.02 Å². The number of halogens is 5. The summed E-state index contributed by atoms with van der Waals surface area (Å²) < 4.78 is 47.8. The van der Waals surface area contributed by atoms with E-state index in [1.54, 1.807) is 6.07 Å². The largest absolute Gasteiger partial charge is 0.460 e. The highest BCUT2D eigenvalue weighted by Gasteiger charge is 2.38. The van der Waals surface area contributed by atoms with E-state index >= 15 is 0 Å². The number of nitrogens with zero attached hydrogens (tertiary/aromatic N) is 4. The molecule has 33 heavy (non-hydrogen) atoms. The predicted molar refractivity (Wildman–Crippen MR) is 119 cm³/mol. The van der Waals surface area contributed by atoms with Crippen LogP contribution in [0.4, 0.5) is 18.9 Å². The fourth-order valence-electron chi connectivity index (χ4n) is 3.54. The predicted octanol–water partition coefficient (Wildman–Crippen LogP) is 6.20. The number of fused-ring (bicyclic) bond motifs is 2. The molecule has 2 aromatic carbocycles. The second-order valence-electron chi connectivity index (χ2n) is 7.07. The molecule has 0 fully saturated rings. The minimum atomic E-state index is -4.74. The van der Waals surface area contributed by atoms with Crippen LogP contribution in [0.25, 0.3) is 16.6 Å². The van der Waals surface area contributed by atoms with Crippen molar-refractivity contribution in [2.75, 3.05) is 0 Å². The second-order valence-corrected chi connectivity index (χ2v) is 8.27. The van der Waals surface area contributed by atoms with Crippen molar-refractivity contribution in [2.45, 2.75) is 12.3 Å². The Bertz CT molecular complexity index is 1450. The van der Waals surface area contributed by atoms with Crippen LogP contribution < -0.4 is 0 Å². The van der Waals surface area contributed by atoms with E-state index in [1.807, 2.05) is 24.3 Å². The van der Waals surface area contributed by atoms with E-state index in [2.05, 4.69) is 31.0 Å². The lowest BCUT2D eigenvalue weighted by Gasteiger charge is -2.24. The minimum Gasteiger partial charge on any atom is -0.460 e. The zero-order valence-corrected chi connectivity index (χ0v) is 18.7. The molecule has 0 N–H and O–H groups in total. The van der Waals surface area contributed by atoms with Crippen molar-refractivity contribution in [1.29, 1.82) is 0 Å². The number of carbonyl (C=O) groups is 1. The normalized spacial score (nSPS) is 15.7. The van der Waals surface area contributed by atoms with Gasteiger partial charge in [0.25, 0.3) is 0 Å². The summed E-state index contributed by atoms with van der Waals surface area (Å²) in [5.41, 5.74) is -0.477. The first-order valence-corrected chi connectivity index (χ1v) is 10.7. The molecular formula is C22H11BrClF3N4O2. The quantitative estimate of drug-likeness (QED) is 0.293. The van der Waals surface area contributed by atoms with E-state index in [1.165, 1.54) is 18.3 Å². The highest BCUT2D eigenvalue weighted by Crippen LogP contribution is 2.43. The minimum absolute atomic E-state index is 0.0398.